The van der Waals surface area contributed by atoms with Crippen molar-refractivity contribution < 1.29 is 10.2 Å². The zero-order valence-corrected chi connectivity index (χ0v) is 8.88. The van der Waals surface area contributed by atoms with E-state index >= 15 is 0 Å². The molecule has 0 radical (unpaired) electrons. The van der Waals surface area contributed by atoms with Gasteiger partial charge in [-0.15, -0.1) is 0 Å². The zero-order chi connectivity index (χ0) is 10.6. The number of hydrogen-bond acceptors (Lipinski definition) is 2. The van der Waals surface area contributed by atoms with Crippen LogP contribution in [0.2, 0.25) is 0 Å². The van der Waals surface area contributed by atoms with Gasteiger partial charge in [-0.25, -0.2) is 0 Å². The van der Waals surface area contributed by atoms with Crippen LogP contribution < -0.4 is 0 Å². The van der Waals surface area contributed by atoms with Gasteiger partial charge in [-0.2, -0.15) is 0 Å². The fourth-order valence-electron chi connectivity index (χ4n) is 1.75. The highest BCUT2D eigenvalue weighted by atomic mass is 16.3. The largest absolute Gasteiger partial charge is 0.396 e. The molecule has 0 saturated carbocycles. The van der Waals surface area contributed by atoms with E-state index in [-0.39, 0.29) is 13.2 Å². The SMILES string of the molecule is Cc1ccc(C)c(CCCO)c1CO. The molecule has 1 aromatic carbocycles. The van der Waals surface area contributed by atoms with Gasteiger partial charge in [0.15, 0.2) is 0 Å². The van der Waals surface area contributed by atoms with Crippen LogP contribution in [0.4, 0.5) is 0 Å². The molecule has 0 aromatic heterocycles. The first-order valence-corrected chi connectivity index (χ1v) is 5.00. The van der Waals surface area contributed by atoms with Crippen molar-refractivity contribution in [3.05, 3.63) is 34.4 Å². The molecular weight excluding hydrogens is 176 g/mol. The van der Waals surface area contributed by atoms with Gasteiger partial charge in [-0.3, -0.25) is 0 Å². The number of aliphatic hydroxyl groups is 2. The van der Waals surface area contributed by atoms with Gasteiger partial charge < -0.3 is 10.2 Å². The molecule has 2 nitrogen and oxygen atoms in total. The smallest absolute Gasteiger partial charge is 0.0687 e. The molecule has 1 rings (SSSR count). The Morgan fingerprint density at radius 3 is 2.07 bits per heavy atom. The second-order valence-corrected chi connectivity index (χ2v) is 3.64. The number of rotatable bonds is 4. The summed E-state index contributed by atoms with van der Waals surface area (Å²) in [5, 5.41) is 18.0. The minimum Gasteiger partial charge on any atom is -0.396 e. The molecule has 0 aliphatic heterocycles. The van der Waals surface area contributed by atoms with Crippen molar-refractivity contribution in [1.29, 1.82) is 0 Å². The van der Waals surface area contributed by atoms with Crippen LogP contribution in [0.25, 0.3) is 0 Å². The normalized spacial score (nSPS) is 10.6. The van der Waals surface area contributed by atoms with Gasteiger partial charge in [0.1, 0.15) is 0 Å². The van der Waals surface area contributed by atoms with E-state index in [0.29, 0.717) is 0 Å². The third-order valence-corrected chi connectivity index (χ3v) is 2.64. The van der Waals surface area contributed by atoms with Crippen molar-refractivity contribution in [1.82, 2.24) is 0 Å². The molecule has 78 valence electrons. The average Bonchev–Trinajstić information content (AvgIpc) is 2.19. The first kappa shape index (κ1) is 11.2. The van der Waals surface area contributed by atoms with E-state index in [1.165, 1.54) is 11.1 Å². The van der Waals surface area contributed by atoms with E-state index in [2.05, 4.69) is 6.07 Å². The predicted octanol–water partition coefficient (Wildman–Crippen LogP) is 1.72. The summed E-state index contributed by atoms with van der Waals surface area (Å²) in [4.78, 5) is 0. The van der Waals surface area contributed by atoms with Gasteiger partial charge >= 0.3 is 0 Å². The molecule has 0 unspecified atom stereocenters. The molecule has 1 aromatic rings. The third kappa shape index (κ3) is 2.34. The highest BCUT2D eigenvalue weighted by Gasteiger charge is 2.07. The molecule has 2 N–H and O–H groups in total. The van der Waals surface area contributed by atoms with Crippen molar-refractivity contribution in [3.8, 4) is 0 Å². The molecule has 0 aliphatic carbocycles. The van der Waals surface area contributed by atoms with Gasteiger partial charge in [0.2, 0.25) is 0 Å². The van der Waals surface area contributed by atoms with Crippen molar-refractivity contribution in [2.24, 2.45) is 0 Å². The summed E-state index contributed by atoms with van der Waals surface area (Å²) in [5.41, 5.74) is 4.55. The number of aryl methyl sites for hydroxylation is 2. The summed E-state index contributed by atoms with van der Waals surface area (Å²) in [6.07, 6.45) is 1.61. The van der Waals surface area contributed by atoms with Crippen LogP contribution in [0.1, 0.15) is 28.7 Å². The summed E-state index contributed by atoms with van der Waals surface area (Å²) < 4.78 is 0. The van der Waals surface area contributed by atoms with E-state index in [1.54, 1.807) is 0 Å². The summed E-state index contributed by atoms with van der Waals surface area (Å²) >= 11 is 0. The molecule has 0 atom stereocenters. The van der Waals surface area contributed by atoms with E-state index in [1.807, 2.05) is 19.9 Å². The molecule has 0 fully saturated rings. The second-order valence-electron chi connectivity index (χ2n) is 3.64. The zero-order valence-electron chi connectivity index (χ0n) is 8.88. The molecular formula is C12H18O2. The molecule has 14 heavy (non-hydrogen) atoms. The maximum Gasteiger partial charge on any atom is 0.0687 e. The maximum atomic E-state index is 9.26. The summed E-state index contributed by atoms with van der Waals surface area (Å²) in [5.74, 6) is 0. The van der Waals surface area contributed by atoms with Crippen LogP contribution in [0.5, 0.6) is 0 Å². The van der Waals surface area contributed by atoms with E-state index in [0.717, 1.165) is 24.0 Å². The van der Waals surface area contributed by atoms with Crippen molar-refractivity contribution in [2.45, 2.75) is 33.3 Å². The fourth-order valence-corrected chi connectivity index (χ4v) is 1.75. The van der Waals surface area contributed by atoms with Crippen LogP contribution in [-0.2, 0) is 13.0 Å². The van der Waals surface area contributed by atoms with Gasteiger partial charge in [0.25, 0.3) is 0 Å². The number of aliphatic hydroxyl groups excluding tert-OH is 2. The first-order valence-electron chi connectivity index (χ1n) is 5.00. The molecule has 0 bridgehead atoms. The first-order chi connectivity index (χ1) is 6.70. The Hall–Kier alpha value is -0.860. The molecule has 0 spiro atoms. The summed E-state index contributed by atoms with van der Waals surface area (Å²) in [6, 6.07) is 4.10. The monoisotopic (exact) mass is 194 g/mol. The standard InChI is InChI=1S/C12H18O2/c1-9-5-6-10(2)12(8-14)11(9)4-3-7-13/h5-6,13-14H,3-4,7-8H2,1-2H3. The van der Waals surface area contributed by atoms with Gasteiger partial charge in [-0.05, 0) is 48.9 Å². The lowest BCUT2D eigenvalue weighted by molar-refractivity contribution is 0.276. The van der Waals surface area contributed by atoms with Crippen LogP contribution in [0.3, 0.4) is 0 Å². The van der Waals surface area contributed by atoms with Crippen LogP contribution in [0.15, 0.2) is 12.1 Å². The predicted molar refractivity (Wildman–Crippen MR) is 57.2 cm³/mol. The quantitative estimate of drug-likeness (QED) is 0.766. The number of benzene rings is 1. The van der Waals surface area contributed by atoms with Crippen LogP contribution in [0, 0.1) is 13.8 Å². The minimum absolute atomic E-state index is 0.0915. The summed E-state index contributed by atoms with van der Waals surface area (Å²) in [7, 11) is 0. The summed E-state index contributed by atoms with van der Waals surface area (Å²) in [6.45, 7) is 4.35. The lowest BCUT2D eigenvalue weighted by atomic mass is 9.94. The Balaban J connectivity index is 3.03. The van der Waals surface area contributed by atoms with Crippen LogP contribution >= 0.6 is 0 Å². The average molecular weight is 194 g/mol. The van der Waals surface area contributed by atoms with E-state index in [9.17, 15) is 5.11 Å². The Bertz CT molecular complexity index is 305. The van der Waals surface area contributed by atoms with Gasteiger partial charge in [0, 0.05) is 6.61 Å². The van der Waals surface area contributed by atoms with Crippen LogP contribution in [-0.4, -0.2) is 16.8 Å². The maximum absolute atomic E-state index is 9.26. The Morgan fingerprint density at radius 2 is 1.57 bits per heavy atom. The van der Waals surface area contributed by atoms with E-state index < -0.39 is 0 Å². The molecule has 2 heteroatoms. The minimum atomic E-state index is 0.0915. The molecule has 0 amide bonds. The third-order valence-electron chi connectivity index (χ3n) is 2.64. The topological polar surface area (TPSA) is 40.5 Å². The van der Waals surface area contributed by atoms with E-state index in [4.69, 9.17) is 5.11 Å². The molecule has 0 aliphatic rings. The molecule has 0 saturated heterocycles. The van der Waals surface area contributed by atoms with Crippen molar-refractivity contribution in [2.75, 3.05) is 6.61 Å². The number of hydrogen-bond donors (Lipinski definition) is 2. The fraction of sp³-hybridized carbons (Fsp3) is 0.500. The second kappa shape index (κ2) is 5.13. The van der Waals surface area contributed by atoms with Crippen molar-refractivity contribution in [3.63, 3.8) is 0 Å². The van der Waals surface area contributed by atoms with Gasteiger partial charge in [0.05, 0.1) is 6.61 Å². The lowest BCUT2D eigenvalue weighted by Gasteiger charge is -2.13. The highest BCUT2D eigenvalue weighted by molar-refractivity contribution is 5.39. The molecule has 0 heterocycles. The Kier molecular flexibility index (Phi) is 4.11. The Labute approximate surface area is 85.2 Å². The Morgan fingerprint density at radius 1 is 1.00 bits per heavy atom. The highest BCUT2D eigenvalue weighted by Crippen LogP contribution is 2.20. The lowest BCUT2D eigenvalue weighted by Crippen LogP contribution is -2.01. The van der Waals surface area contributed by atoms with Crippen molar-refractivity contribution >= 4 is 0 Å². The van der Waals surface area contributed by atoms with Gasteiger partial charge in [-0.1, -0.05) is 12.1 Å².